The molecular formula is C22H32N2O2. The van der Waals surface area contributed by atoms with Gasteiger partial charge in [0, 0.05) is 23.9 Å². The van der Waals surface area contributed by atoms with E-state index in [1.54, 1.807) is 0 Å². The van der Waals surface area contributed by atoms with Gasteiger partial charge in [0.25, 0.3) is 5.91 Å². The Morgan fingerprint density at radius 1 is 1.23 bits per heavy atom. The topological polar surface area (TPSA) is 45.5 Å². The molecule has 4 nitrogen and oxygen atoms in total. The predicted molar refractivity (Wildman–Crippen MR) is 107 cm³/mol. The molecule has 1 aromatic heterocycles. The van der Waals surface area contributed by atoms with Crippen LogP contribution in [0.2, 0.25) is 0 Å². The molecule has 26 heavy (non-hydrogen) atoms. The van der Waals surface area contributed by atoms with E-state index in [9.17, 15) is 4.79 Å². The van der Waals surface area contributed by atoms with Crippen molar-refractivity contribution in [2.45, 2.75) is 64.8 Å². The molecule has 2 heterocycles. The zero-order valence-electron chi connectivity index (χ0n) is 16.4. The van der Waals surface area contributed by atoms with Crippen molar-refractivity contribution in [1.82, 2.24) is 10.2 Å². The van der Waals surface area contributed by atoms with Gasteiger partial charge in [-0.3, -0.25) is 4.79 Å². The van der Waals surface area contributed by atoms with Gasteiger partial charge < -0.3 is 14.6 Å². The zero-order chi connectivity index (χ0) is 18.6. The van der Waals surface area contributed by atoms with E-state index in [1.807, 2.05) is 24.3 Å². The summed E-state index contributed by atoms with van der Waals surface area (Å²) in [5.74, 6) is 0.813. The summed E-state index contributed by atoms with van der Waals surface area (Å²) in [6.45, 7) is 9.82. The lowest BCUT2D eigenvalue weighted by molar-refractivity contribution is 0.0903. The Morgan fingerprint density at radius 2 is 1.96 bits per heavy atom. The second-order valence-electron chi connectivity index (χ2n) is 8.14. The minimum absolute atomic E-state index is 0.00697. The molecule has 1 aromatic carbocycles. The van der Waals surface area contributed by atoms with E-state index in [-0.39, 0.29) is 11.4 Å². The van der Waals surface area contributed by atoms with Gasteiger partial charge >= 0.3 is 0 Å². The lowest BCUT2D eigenvalue weighted by Gasteiger charge is -2.28. The SMILES string of the molecule is CCCCc1oc2ccccc2c1C(=O)NC(C)(C)CCN1CCCC1. The summed E-state index contributed by atoms with van der Waals surface area (Å²) < 4.78 is 6.01. The number of para-hydroxylation sites is 1. The van der Waals surface area contributed by atoms with Crippen LogP contribution in [0, 0.1) is 0 Å². The van der Waals surface area contributed by atoms with E-state index in [0.717, 1.165) is 54.5 Å². The van der Waals surface area contributed by atoms with Gasteiger partial charge in [0.2, 0.25) is 0 Å². The number of amides is 1. The summed E-state index contributed by atoms with van der Waals surface area (Å²) >= 11 is 0. The summed E-state index contributed by atoms with van der Waals surface area (Å²) in [6.07, 6.45) is 6.47. The molecule has 3 rings (SSSR count). The van der Waals surface area contributed by atoms with Crippen LogP contribution in [0.5, 0.6) is 0 Å². The molecule has 0 atom stereocenters. The number of nitrogens with one attached hydrogen (secondary N) is 1. The van der Waals surface area contributed by atoms with Crippen molar-refractivity contribution >= 4 is 16.9 Å². The molecule has 1 aliphatic rings. The first kappa shape index (κ1) is 19.0. The molecular weight excluding hydrogens is 324 g/mol. The van der Waals surface area contributed by atoms with E-state index in [0.29, 0.717) is 0 Å². The van der Waals surface area contributed by atoms with Gasteiger partial charge in [-0.25, -0.2) is 0 Å². The minimum Gasteiger partial charge on any atom is -0.460 e. The number of nitrogens with zero attached hydrogens (tertiary/aromatic N) is 1. The smallest absolute Gasteiger partial charge is 0.255 e. The zero-order valence-corrected chi connectivity index (χ0v) is 16.4. The molecule has 0 aliphatic carbocycles. The summed E-state index contributed by atoms with van der Waals surface area (Å²) in [5.41, 5.74) is 1.29. The van der Waals surface area contributed by atoms with Gasteiger partial charge in [0.15, 0.2) is 0 Å². The van der Waals surface area contributed by atoms with Crippen LogP contribution >= 0.6 is 0 Å². The number of aryl methyl sites for hydroxylation is 1. The minimum atomic E-state index is -0.236. The number of fused-ring (bicyclic) bond motifs is 1. The number of furan rings is 1. The Morgan fingerprint density at radius 3 is 2.69 bits per heavy atom. The van der Waals surface area contributed by atoms with Crippen LogP contribution in [0.4, 0.5) is 0 Å². The molecule has 0 unspecified atom stereocenters. The van der Waals surface area contributed by atoms with Crippen LogP contribution in [-0.2, 0) is 6.42 Å². The second-order valence-corrected chi connectivity index (χ2v) is 8.14. The fourth-order valence-electron chi connectivity index (χ4n) is 3.73. The van der Waals surface area contributed by atoms with E-state index in [1.165, 1.54) is 25.9 Å². The maximum Gasteiger partial charge on any atom is 0.255 e. The number of carbonyl (C=O) groups excluding carboxylic acids is 1. The van der Waals surface area contributed by atoms with Crippen molar-refractivity contribution in [3.05, 3.63) is 35.6 Å². The van der Waals surface area contributed by atoms with Gasteiger partial charge in [-0.05, 0) is 58.7 Å². The van der Waals surface area contributed by atoms with Gasteiger partial charge in [0.1, 0.15) is 11.3 Å². The van der Waals surface area contributed by atoms with E-state index < -0.39 is 0 Å². The van der Waals surface area contributed by atoms with Crippen molar-refractivity contribution in [3.63, 3.8) is 0 Å². The molecule has 1 fully saturated rings. The van der Waals surface area contributed by atoms with Gasteiger partial charge in [0.05, 0.1) is 5.56 Å². The maximum absolute atomic E-state index is 13.1. The highest BCUT2D eigenvalue weighted by Gasteiger charge is 2.27. The Balaban J connectivity index is 1.75. The standard InChI is InChI=1S/C22H32N2O2/c1-4-5-11-19-20(17-10-6-7-12-18(17)26-19)21(25)23-22(2,3)13-16-24-14-8-9-15-24/h6-7,10,12H,4-5,8-9,11,13-16H2,1-3H3,(H,23,25). The molecule has 1 saturated heterocycles. The number of rotatable bonds is 8. The highest BCUT2D eigenvalue weighted by molar-refractivity contribution is 6.07. The van der Waals surface area contributed by atoms with Crippen LogP contribution < -0.4 is 5.32 Å². The normalized spacial score (nSPS) is 15.7. The van der Waals surface area contributed by atoms with Crippen molar-refractivity contribution in [3.8, 4) is 0 Å². The van der Waals surface area contributed by atoms with Crippen LogP contribution in [0.25, 0.3) is 11.0 Å². The maximum atomic E-state index is 13.1. The van der Waals surface area contributed by atoms with E-state index in [4.69, 9.17) is 4.42 Å². The summed E-state index contributed by atoms with van der Waals surface area (Å²) in [5, 5.41) is 4.19. The lowest BCUT2D eigenvalue weighted by Crippen LogP contribution is -2.45. The van der Waals surface area contributed by atoms with Gasteiger partial charge in [-0.2, -0.15) is 0 Å². The lowest BCUT2D eigenvalue weighted by atomic mass is 9.98. The molecule has 0 saturated carbocycles. The molecule has 0 spiro atoms. The third-order valence-corrected chi connectivity index (χ3v) is 5.36. The van der Waals surface area contributed by atoms with Crippen LogP contribution in [0.15, 0.2) is 28.7 Å². The Labute approximate surface area is 156 Å². The van der Waals surface area contributed by atoms with Gasteiger partial charge in [-0.15, -0.1) is 0 Å². The number of hydrogen-bond donors (Lipinski definition) is 1. The van der Waals surface area contributed by atoms with Crippen molar-refractivity contribution in [2.75, 3.05) is 19.6 Å². The molecule has 4 heteroatoms. The molecule has 0 radical (unpaired) electrons. The molecule has 2 aromatic rings. The Hall–Kier alpha value is -1.81. The van der Waals surface area contributed by atoms with Crippen LogP contribution in [0.3, 0.4) is 0 Å². The molecule has 1 amide bonds. The van der Waals surface area contributed by atoms with E-state index in [2.05, 4.69) is 31.0 Å². The second kappa shape index (κ2) is 8.26. The largest absolute Gasteiger partial charge is 0.460 e. The summed E-state index contributed by atoms with van der Waals surface area (Å²) in [6, 6.07) is 7.86. The number of likely N-dealkylation sites (tertiary alicyclic amines) is 1. The summed E-state index contributed by atoms with van der Waals surface area (Å²) in [7, 11) is 0. The Kier molecular flexibility index (Phi) is 6.02. The third-order valence-electron chi connectivity index (χ3n) is 5.36. The average molecular weight is 357 g/mol. The van der Waals surface area contributed by atoms with Crippen LogP contribution in [-0.4, -0.2) is 36.0 Å². The highest BCUT2D eigenvalue weighted by Crippen LogP contribution is 2.28. The molecule has 1 N–H and O–H groups in total. The van der Waals surface area contributed by atoms with Crippen molar-refractivity contribution in [2.24, 2.45) is 0 Å². The van der Waals surface area contributed by atoms with Gasteiger partial charge in [-0.1, -0.05) is 31.5 Å². The molecule has 1 aliphatic heterocycles. The summed E-state index contributed by atoms with van der Waals surface area (Å²) in [4.78, 5) is 15.6. The average Bonchev–Trinajstić information content (AvgIpc) is 3.25. The third kappa shape index (κ3) is 4.47. The van der Waals surface area contributed by atoms with Crippen LogP contribution in [0.1, 0.15) is 69.0 Å². The first-order valence-corrected chi connectivity index (χ1v) is 10.1. The number of unbranched alkanes of at least 4 members (excludes halogenated alkanes) is 1. The fraction of sp³-hybridized carbons (Fsp3) is 0.591. The number of carbonyl (C=O) groups is 1. The van der Waals surface area contributed by atoms with Crippen molar-refractivity contribution in [1.29, 1.82) is 0 Å². The number of benzene rings is 1. The quantitative estimate of drug-likeness (QED) is 0.741. The first-order chi connectivity index (χ1) is 12.5. The number of hydrogen-bond acceptors (Lipinski definition) is 3. The fourth-order valence-corrected chi connectivity index (χ4v) is 3.73. The Bertz CT molecular complexity index is 742. The highest BCUT2D eigenvalue weighted by atomic mass is 16.3. The monoisotopic (exact) mass is 356 g/mol. The predicted octanol–water partition coefficient (Wildman–Crippen LogP) is 4.77. The van der Waals surface area contributed by atoms with Crippen molar-refractivity contribution < 1.29 is 9.21 Å². The molecule has 142 valence electrons. The van der Waals surface area contributed by atoms with E-state index >= 15 is 0 Å². The molecule has 0 bridgehead atoms. The first-order valence-electron chi connectivity index (χ1n) is 10.1.